The zero-order chi connectivity index (χ0) is 20.6. The van der Waals surface area contributed by atoms with E-state index in [0.717, 1.165) is 61.1 Å². The molecule has 0 saturated carbocycles. The van der Waals surface area contributed by atoms with Crippen LogP contribution in [0.4, 0.5) is 24.7 Å². The molecule has 1 N–H and O–H groups in total. The monoisotopic (exact) mass is 401 g/mol. The van der Waals surface area contributed by atoms with Crippen molar-refractivity contribution in [1.82, 2.24) is 15.0 Å². The molecule has 0 amide bonds. The summed E-state index contributed by atoms with van der Waals surface area (Å²) in [7, 11) is 0. The summed E-state index contributed by atoms with van der Waals surface area (Å²) in [5.74, 6) is 1.71. The van der Waals surface area contributed by atoms with E-state index in [2.05, 4.69) is 25.2 Å². The number of aryl methyl sites for hydroxylation is 2. The number of rotatable bonds is 3. The minimum absolute atomic E-state index is 0.239. The second-order valence-electron chi connectivity index (χ2n) is 7.41. The zero-order valence-electron chi connectivity index (χ0n) is 16.3. The number of alkyl halides is 3. The number of pyridine rings is 1. The molecule has 1 aromatic carbocycles. The van der Waals surface area contributed by atoms with Crippen LogP contribution in [0.25, 0.3) is 10.9 Å². The lowest BCUT2D eigenvalue weighted by atomic mass is 10.0. The molecule has 5 nitrogen and oxygen atoms in total. The van der Waals surface area contributed by atoms with Crippen LogP contribution >= 0.6 is 0 Å². The molecule has 2 aromatic heterocycles. The molecule has 4 rings (SSSR count). The Hall–Kier alpha value is -2.90. The highest BCUT2D eigenvalue weighted by Gasteiger charge is 2.30. The van der Waals surface area contributed by atoms with Gasteiger partial charge in [-0.2, -0.15) is 13.2 Å². The number of nitrogens with one attached hydrogen (secondary N) is 1. The van der Waals surface area contributed by atoms with Crippen LogP contribution in [0.15, 0.2) is 36.5 Å². The molecular weight excluding hydrogens is 379 g/mol. The van der Waals surface area contributed by atoms with Crippen molar-refractivity contribution >= 4 is 22.4 Å². The number of halogens is 3. The van der Waals surface area contributed by atoms with E-state index in [-0.39, 0.29) is 6.04 Å². The van der Waals surface area contributed by atoms with Crippen molar-refractivity contribution in [3.05, 3.63) is 53.6 Å². The molecule has 1 aliphatic heterocycles. The lowest BCUT2D eigenvalue weighted by Gasteiger charge is -2.34. The van der Waals surface area contributed by atoms with Gasteiger partial charge >= 0.3 is 6.18 Å². The summed E-state index contributed by atoms with van der Waals surface area (Å²) in [6, 6.07) is 7.76. The molecule has 0 unspecified atom stereocenters. The molecule has 0 bridgehead atoms. The lowest BCUT2D eigenvalue weighted by molar-refractivity contribution is -0.137. The van der Waals surface area contributed by atoms with E-state index in [1.165, 1.54) is 6.07 Å². The van der Waals surface area contributed by atoms with Crippen LogP contribution in [0, 0.1) is 13.8 Å². The molecule has 0 radical (unpaired) electrons. The second kappa shape index (κ2) is 7.50. The SMILES string of the molecule is Cc1cc(N2CCC(Nc3ccnc4cc(C(F)(F)F)ccc34)CC2)nc(C)n1. The van der Waals surface area contributed by atoms with E-state index >= 15 is 0 Å². The van der Waals surface area contributed by atoms with Gasteiger partial charge in [-0.3, -0.25) is 4.98 Å². The highest BCUT2D eigenvalue weighted by atomic mass is 19.4. The van der Waals surface area contributed by atoms with Gasteiger partial charge in [0.1, 0.15) is 11.6 Å². The largest absolute Gasteiger partial charge is 0.416 e. The Morgan fingerprint density at radius 1 is 1.03 bits per heavy atom. The summed E-state index contributed by atoms with van der Waals surface area (Å²) >= 11 is 0. The average molecular weight is 401 g/mol. The van der Waals surface area contributed by atoms with E-state index in [1.807, 2.05) is 26.0 Å². The van der Waals surface area contributed by atoms with Gasteiger partial charge in [-0.05, 0) is 44.9 Å². The van der Waals surface area contributed by atoms with Crippen molar-refractivity contribution in [1.29, 1.82) is 0 Å². The topological polar surface area (TPSA) is 53.9 Å². The van der Waals surface area contributed by atoms with Crippen molar-refractivity contribution in [3.63, 3.8) is 0 Å². The molecule has 1 fully saturated rings. The quantitative estimate of drug-likeness (QED) is 0.687. The predicted octanol–water partition coefficient (Wildman–Crippen LogP) is 4.74. The molecule has 0 aliphatic carbocycles. The third-order valence-corrected chi connectivity index (χ3v) is 5.20. The summed E-state index contributed by atoms with van der Waals surface area (Å²) < 4.78 is 38.9. The van der Waals surface area contributed by atoms with Gasteiger partial charge in [-0.15, -0.1) is 0 Å². The number of piperidine rings is 1. The van der Waals surface area contributed by atoms with E-state index in [4.69, 9.17) is 0 Å². The first-order valence-corrected chi connectivity index (χ1v) is 9.59. The van der Waals surface area contributed by atoms with Gasteiger partial charge in [-0.25, -0.2) is 9.97 Å². The molecular formula is C21H22F3N5. The fourth-order valence-electron chi connectivity index (χ4n) is 3.78. The highest BCUT2D eigenvalue weighted by molar-refractivity contribution is 5.91. The van der Waals surface area contributed by atoms with Gasteiger partial charge in [0, 0.05) is 48.2 Å². The molecule has 1 saturated heterocycles. The van der Waals surface area contributed by atoms with Gasteiger partial charge in [0.15, 0.2) is 0 Å². The standard InChI is InChI=1S/C21H22F3N5/c1-13-11-20(27-14(2)26-13)29-9-6-16(7-10-29)28-18-5-8-25-19-12-15(21(22,23)24)3-4-17(18)19/h3-5,8,11-12,16H,6-7,9-10H2,1-2H3,(H,25,28). The number of benzene rings is 1. The van der Waals surface area contributed by atoms with Crippen molar-refractivity contribution in [2.75, 3.05) is 23.3 Å². The summed E-state index contributed by atoms with van der Waals surface area (Å²) in [6.45, 7) is 5.57. The molecule has 0 atom stereocenters. The van der Waals surface area contributed by atoms with Gasteiger partial charge in [0.25, 0.3) is 0 Å². The molecule has 29 heavy (non-hydrogen) atoms. The number of aromatic nitrogens is 3. The van der Waals surface area contributed by atoms with Crippen molar-refractivity contribution in [2.45, 2.75) is 38.9 Å². The van der Waals surface area contributed by atoms with Crippen LogP contribution in [0.5, 0.6) is 0 Å². The van der Waals surface area contributed by atoms with Crippen LogP contribution < -0.4 is 10.2 Å². The molecule has 8 heteroatoms. The zero-order valence-corrected chi connectivity index (χ0v) is 16.3. The Morgan fingerprint density at radius 3 is 2.48 bits per heavy atom. The summed E-state index contributed by atoms with van der Waals surface area (Å²) in [5, 5.41) is 4.20. The second-order valence-corrected chi connectivity index (χ2v) is 7.41. The van der Waals surface area contributed by atoms with Gasteiger partial charge in [0.05, 0.1) is 11.1 Å². The number of fused-ring (bicyclic) bond motifs is 1. The minimum Gasteiger partial charge on any atom is -0.382 e. The van der Waals surface area contributed by atoms with Crippen molar-refractivity contribution in [3.8, 4) is 0 Å². The molecule has 0 spiro atoms. The van der Waals surface area contributed by atoms with Crippen LogP contribution in [0.2, 0.25) is 0 Å². The van der Waals surface area contributed by atoms with E-state index < -0.39 is 11.7 Å². The van der Waals surface area contributed by atoms with Crippen LogP contribution in [-0.2, 0) is 6.18 Å². The Labute approximate surface area is 167 Å². The normalized spacial score (nSPS) is 15.7. The third-order valence-electron chi connectivity index (χ3n) is 5.20. The Bertz CT molecular complexity index is 1010. The summed E-state index contributed by atoms with van der Waals surface area (Å²) in [4.78, 5) is 15.2. The van der Waals surface area contributed by atoms with Crippen molar-refractivity contribution in [2.24, 2.45) is 0 Å². The molecule has 152 valence electrons. The number of hydrogen-bond donors (Lipinski definition) is 1. The van der Waals surface area contributed by atoms with Crippen LogP contribution in [-0.4, -0.2) is 34.1 Å². The maximum absolute atomic E-state index is 13.0. The van der Waals surface area contributed by atoms with E-state index in [1.54, 1.807) is 6.20 Å². The van der Waals surface area contributed by atoms with Gasteiger partial charge < -0.3 is 10.2 Å². The first kappa shape index (κ1) is 19.4. The predicted molar refractivity (Wildman–Crippen MR) is 107 cm³/mol. The number of hydrogen-bond acceptors (Lipinski definition) is 5. The number of anilines is 2. The van der Waals surface area contributed by atoms with Gasteiger partial charge in [0.2, 0.25) is 0 Å². The summed E-state index contributed by atoms with van der Waals surface area (Å²) in [5.41, 5.74) is 1.43. The van der Waals surface area contributed by atoms with Crippen LogP contribution in [0.3, 0.4) is 0 Å². The smallest absolute Gasteiger partial charge is 0.382 e. The molecule has 3 heterocycles. The molecule has 1 aliphatic rings. The average Bonchev–Trinajstić information content (AvgIpc) is 2.67. The fraction of sp³-hybridized carbons (Fsp3) is 0.381. The minimum atomic E-state index is -4.37. The first-order chi connectivity index (χ1) is 13.8. The third kappa shape index (κ3) is 4.26. The van der Waals surface area contributed by atoms with E-state index in [9.17, 15) is 13.2 Å². The van der Waals surface area contributed by atoms with Crippen LogP contribution in [0.1, 0.15) is 29.9 Å². The number of nitrogens with zero attached hydrogens (tertiary/aromatic N) is 4. The Kier molecular flexibility index (Phi) is 5.02. The lowest BCUT2D eigenvalue weighted by Crippen LogP contribution is -2.39. The fourth-order valence-corrected chi connectivity index (χ4v) is 3.78. The van der Waals surface area contributed by atoms with Gasteiger partial charge in [-0.1, -0.05) is 6.07 Å². The van der Waals surface area contributed by atoms with Crippen molar-refractivity contribution < 1.29 is 13.2 Å². The highest BCUT2D eigenvalue weighted by Crippen LogP contribution is 2.33. The maximum Gasteiger partial charge on any atom is 0.416 e. The Balaban J connectivity index is 1.47. The Morgan fingerprint density at radius 2 is 1.79 bits per heavy atom. The maximum atomic E-state index is 13.0. The summed E-state index contributed by atoms with van der Waals surface area (Å²) in [6.07, 6.45) is -1.00. The molecule has 3 aromatic rings. The first-order valence-electron chi connectivity index (χ1n) is 9.59. The van der Waals surface area contributed by atoms with E-state index in [0.29, 0.717) is 10.9 Å².